The van der Waals surface area contributed by atoms with Crippen molar-refractivity contribution in [3.63, 3.8) is 0 Å². The van der Waals surface area contributed by atoms with Gasteiger partial charge in [-0.15, -0.1) is 0 Å². The van der Waals surface area contributed by atoms with Crippen LogP contribution in [0.15, 0.2) is 115 Å². The highest BCUT2D eigenvalue weighted by atomic mass is 16.7. The number of phenols is 1. The van der Waals surface area contributed by atoms with E-state index in [4.69, 9.17) is 24.1 Å². The van der Waals surface area contributed by atoms with Crippen molar-refractivity contribution in [2.75, 3.05) is 0 Å². The third-order valence-corrected chi connectivity index (χ3v) is 10.6. The fraction of sp³-hybridized carbons (Fsp3) is 0.388. The van der Waals surface area contributed by atoms with Crippen LogP contribution in [0, 0.1) is 10.8 Å². The zero-order valence-corrected chi connectivity index (χ0v) is 34.6. The van der Waals surface area contributed by atoms with Crippen molar-refractivity contribution in [1.82, 2.24) is 0 Å². The van der Waals surface area contributed by atoms with Crippen molar-refractivity contribution in [1.29, 1.82) is 0 Å². The standard InChI is InChI=1S/C23H28O4.C14H16.C12H16O3/c1-5-23(3,4)22(24)27-20-12-10-19(11-13-20)25-16(2)26-21-14-17-8-6-7-9-18(17)15-21;1-3-11(2)13-9-8-12-6-4-5-7-14(12)10-13;1-4-12(2,3)11(14)15-10-7-5-9(13)6-8-10/h6-13,16,21H,5,14-15H2,1-4H3;4-11H,3H2,1-2H3;5-8,13H,4H2,1-3H3. The predicted molar refractivity (Wildman–Crippen MR) is 225 cm³/mol. The molecule has 7 heteroatoms. The van der Waals surface area contributed by atoms with Crippen molar-refractivity contribution >= 4 is 22.7 Å². The number of phenolic OH excluding ortho intramolecular Hbond substituents is 1. The number of esters is 2. The molecular weight excluding hydrogens is 701 g/mol. The molecule has 56 heavy (non-hydrogen) atoms. The van der Waals surface area contributed by atoms with E-state index in [1.807, 2.05) is 48.5 Å². The average molecular weight is 761 g/mol. The van der Waals surface area contributed by atoms with Crippen LogP contribution >= 0.6 is 0 Å². The summed E-state index contributed by atoms with van der Waals surface area (Å²) in [7, 11) is 0. The molecule has 6 rings (SSSR count). The van der Waals surface area contributed by atoms with Gasteiger partial charge in [0.05, 0.1) is 16.9 Å². The third kappa shape index (κ3) is 12.7. The Kier molecular flexibility index (Phi) is 15.7. The SMILES string of the molecule is CCC(C)(C)C(=O)Oc1ccc(O)cc1.CCC(C)(C)C(=O)Oc1ccc(OC(C)OC2Cc3ccccc3C2)cc1.CCC(C)c1ccc2ccccc2c1. The summed E-state index contributed by atoms with van der Waals surface area (Å²) in [5, 5.41) is 11.7. The van der Waals surface area contributed by atoms with Gasteiger partial charge in [-0.05, 0) is 149 Å². The summed E-state index contributed by atoms with van der Waals surface area (Å²) in [5.41, 5.74) is 3.20. The number of ether oxygens (including phenoxy) is 4. The highest BCUT2D eigenvalue weighted by Gasteiger charge is 2.29. The zero-order chi connectivity index (χ0) is 40.9. The lowest BCUT2D eigenvalue weighted by molar-refractivity contribution is -0.144. The van der Waals surface area contributed by atoms with Gasteiger partial charge in [-0.3, -0.25) is 9.59 Å². The number of fused-ring (bicyclic) bond motifs is 2. The number of rotatable bonds is 12. The quantitative estimate of drug-likeness (QED) is 0.0769. The van der Waals surface area contributed by atoms with Gasteiger partial charge in [0, 0.05) is 0 Å². The number of hydrogen-bond donors (Lipinski definition) is 1. The van der Waals surface area contributed by atoms with Gasteiger partial charge in [0.1, 0.15) is 23.0 Å². The van der Waals surface area contributed by atoms with E-state index in [1.165, 1.54) is 46.0 Å². The molecule has 2 atom stereocenters. The van der Waals surface area contributed by atoms with Crippen molar-refractivity contribution in [2.45, 2.75) is 113 Å². The Morgan fingerprint density at radius 1 is 0.643 bits per heavy atom. The molecule has 0 saturated heterocycles. The maximum Gasteiger partial charge on any atom is 0.316 e. The number of hydrogen-bond acceptors (Lipinski definition) is 7. The van der Waals surface area contributed by atoms with Crippen LogP contribution in [0.5, 0.6) is 23.0 Å². The Balaban J connectivity index is 0.000000203. The second kappa shape index (κ2) is 20.1. The van der Waals surface area contributed by atoms with Gasteiger partial charge in [-0.1, -0.05) is 94.4 Å². The first-order chi connectivity index (χ1) is 26.6. The summed E-state index contributed by atoms with van der Waals surface area (Å²) in [6, 6.07) is 37.0. The number of aromatic hydroxyl groups is 1. The Labute approximate surface area is 334 Å². The van der Waals surface area contributed by atoms with Crippen LogP contribution in [0.4, 0.5) is 0 Å². The molecule has 0 amide bonds. The first-order valence-electron chi connectivity index (χ1n) is 19.8. The maximum atomic E-state index is 12.1. The number of carbonyl (C=O) groups excluding carboxylic acids is 2. The van der Waals surface area contributed by atoms with Crippen molar-refractivity contribution in [3.05, 3.63) is 132 Å². The van der Waals surface area contributed by atoms with Crippen LogP contribution in [0.2, 0.25) is 0 Å². The third-order valence-electron chi connectivity index (χ3n) is 10.6. The van der Waals surface area contributed by atoms with Crippen LogP contribution in [0.25, 0.3) is 10.8 Å². The first kappa shape index (κ1) is 43.6. The topological polar surface area (TPSA) is 91.3 Å². The summed E-state index contributed by atoms with van der Waals surface area (Å²) < 4.78 is 22.5. The fourth-order valence-electron chi connectivity index (χ4n) is 5.73. The van der Waals surface area contributed by atoms with Crippen LogP contribution < -0.4 is 14.2 Å². The van der Waals surface area contributed by atoms with Gasteiger partial charge >= 0.3 is 11.9 Å². The average Bonchev–Trinajstić information content (AvgIpc) is 3.61. The van der Waals surface area contributed by atoms with E-state index >= 15 is 0 Å². The predicted octanol–water partition coefficient (Wildman–Crippen LogP) is 12.0. The van der Waals surface area contributed by atoms with Crippen LogP contribution in [-0.4, -0.2) is 29.4 Å². The number of benzene rings is 5. The summed E-state index contributed by atoms with van der Waals surface area (Å²) >= 11 is 0. The Morgan fingerprint density at radius 2 is 1.11 bits per heavy atom. The molecule has 2 unspecified atom stereocenters. The van der Waals surface area contributed by atoms with E-state index in [9.17, 15) is 9.59 Å². The van der Waals surface area contributed by atoms with Crippen LogP contribution in [0.3, 0.4) is 0 Å². The molecule has 1 aliphatic rings. The molecule has 5 aromatic rings. The van der Waals surface area contributed by atoms with E-state index in [2.05, 4.69) is 80.6 Å². The molecular formula is C49H60O7. The van der Waals surface area contributed by atoms with Crippen molar-refractivity contribution in [3.8, 4) is 23.0 Å². The monoisotopic (exact) mass is 760 g/mol. The van der Waals surface area contributed by atoms with E-state index in [-0.39, 0.29) is 30.1 Å². The molecule has 1 aliphatic carbocycles. The fourth-order valence-corrected chi connectivity index (χ4v) is 5.73. The van der Waals surface area contributed by atoms with Crippen molar-refractivity contribution in [2.24, 2.45) is 10.8 Å². The molecule has 0 heterocycles. The lowest BCUT2D eigenvalue weighted by Gasteiger charge is -2.21. The minimum atomic E-state index is -0.490. The van der Waals surface area contributed by atoms with Gasteiger partial charge < -0.3 is 24.1 Å². The zero-order valence-electron chi connectivity index (χ0n) is 34.6. The Bertz CT molecular complexity index is 1970. The molecule has 0 saturated carbocycles. The Morgan fingerprint density at radius 3 is 1.61 bits per heavy atom. The highest BCUT2D eigenvalue weighted by molar-refractivity contribution is 5.83. The summed E-state index contributed by atoms with van der Waals surface area (Å²) in [6.45, 7) is 17.8. The van der Waals surface area contributed by atoms with Crippen LogP contribution in [-0.2, 0) is 27.2 Å². The molecule has 298 valence electrons. The van der Waals surface area contributed by atoms with E-state index < -0.39 is 10.8 Å². The summed E-state index contributed by atoms with van der Waals surface area (Å²) in [5.74, 6) is 2.01. The maximum absolute atomic E-state index is 12.1. The lowest BCUT2D eigenvalue weighted by atomic mass is 9.91. The summed E-state index contributed by atoms with van der Waals surface area (Å²) in [6.07, 6.45) is 4.30. The first-order valence-corrected chi connectivity index (χ1v) is 19.8. The molecule has 5 aromatic carbocycles. The van der Waals surface area contributed by atoms with Gasteiger partial charge in [-0.25, -0.2) is 0 Å². The minimum absolute atomic E-state index is 0.147. The Hall–Kier alpha value is -5.14. The molecule has 1 N–H and O–H groups in total. The highest BCUT2D eigenvalue weighted by Crippen LogP contribution is 2.28. The van der Waals surface area contributed by atoms with Crippen LogP contribution in [0.1, 0.15) is 104 Å². The van der Waals surface area contributed by atoms with Gasteiger partial charge in [-0.2, -0.15) is 0 Å². The van der Waals surface area contributed by atoms with Crippen molar-refractivity contribution < 1.29 is 33.6 Å². The van der Waals surface area contributed by atoms with E-state index in [0.717, 1.165) is 25.7 Å². The van der Waals surface area contributed by atoms with Gasteiger partial charge in [0.15, 0.2) is 6.29 Å². The molecule has 0 spiro atoms. The number of carbonyl (C=O) groups is 2. The molecule has 0 radical (unpaired) electrons. The second-order valence-electron chi connectivity index (χ2n) is 15.8. The summed E-state index contributed by atoms with van der Waals surface area (Å²) in [4.78, 5) is 23.8. The normalized spacial score (nSPS) is 13.6. The second-order valence-corrected chi connectivity index (χ2v) is 15.8. The smallest absolute Gasteiger partial charge is 0.316 e. The molecule has 0 bridgehead atoms. The molecule has 0 aromatic heterocycles. The molecule has 0 fully saturated rings. The van der Waals surface area contributed by atoms with E-state index in [1.54, 1.807) is 36.4 Å². The van der Waals surface area contributed by atoms with Gasteiger partial charge in [0.2, 0.25) is 0 Å². The largest absolute Gasteiger partial charge is 0.508 e. The lowest BCUT2D eigenvalue weighted by Crippen LogP contribution is -2.28. The minimum Gasteiger partial charge on any atom is -0.508 e. The molecule has 0 aliphatic heterocycles. The van der Waals surface area contributed by atoms with E-state index in [0.29, 0.717) is 23.2 Å². The van der Waals surface area contributed by atoms with Gasteiger partial charge in [0.25, 0.3) is 0 Å². The molecule has 7 nitrogen and oxygen atoms in total.